The summed E-state index contributed by atoms with van der Waals surface area (Å²) in [6, 6.07) is 1.62. The fourth-order valence-corrected chi connectivity index (χ4v) is 2.31. The Kier molecular flexibility index (Phi) is 3.54. The second kappa shape index (κ2) is 4.34. The van der Waals surface area contributed by atoms with Gasteiger partial charge in [-0.15, -0.1) is 0 Å². The van der Waals surface area contributed by atoms with Crippen LogP contribution in [0.5, 0.6) is 0 Å². The topological polar surface area (TPSA) is 68.3 Å². The Hall–Kier alpha value is -0.850. The van der Waals surface area contributed by atoms with Crippen LogP contribution in [0.1, 0.15) is 12.6 Å². The van der Waals surface area contributed by atoms with Crippen LogP contribution in [0.2, 0.25) is 0 Å². The second-order valence-electron chi connectivity index (χ2n) is 3.44. The molecule has 1 aromatic heterocycles. The largest absolute Gasteiger partial charge is 0.349 e. The molecule has 15 heavy (non-hydrogen) atoms. The maximum atomic E-state index is 11.8. The van der Waals surface area contributed by atoms with Gasteiger partial charge in [-0.25, -0.2) is 12.7 Å². The summed E-state index contributed by atoms with van der Waals surface area (Å²) in [5.41, 5.74) is 6.36. The number of hydrogen-bond donors (Lipinski definition) is 1. The lowest BCUT2D eigenvalue weighted by Gasteiger charge is -2.08. The van der Waals surface area contributed by atoms with Gasteiger partial charge in [0.05, 0.1) is 0 Å². The average molecular weight is 231 g/mol. The quantitative estimate of drug-likeness (QED) is 0.806. The summed E-state index contributed by atoms with van der Waals surface area (Å²) in [7, 11) is -0.313. The zero-order chi connectivity index (χ0) is 11.6. The minimum absolute atomic E-state index is 0.301. The molecule has 0 atom stereocenters. The van der Waals surface area contributed by atoms with Crippen molar-refractivity contribution in [3.8, 4) is 0 Å². The summed E-state index contributed by atoms with van der Waals surface area (Å²) in [6.07, 6.45) is 1.62. The van der Waals surface area contributed by atoms with Gasteiger partial charge in [-0.3, -0.25) is 0 Å². The third kappa shape index (κ3) is 2.22. The molecule has 0 bridgehead atoms. The predicted octanol–water partition coefficient (Wildman–Crippen LogP) is 0.217. The van der Waals surface area contributed by atoms with Crippen molar-refractivity contribution in [2.45, 2.75) is 24.9 Å². The average Bonchev–Trinajstić information content (AvgIpc) is 2.60. The highest BCUT2D eigenvalue weighted by Gasteiger charge is 2.19. The van der Waals surface area contributed by atoms with Crippen molar-refractivity contribution < 1.29 is 8.42 Å². The predicted molar refractivity (Wildman–Crippen MR) is 58.9 cm³/mol. The molecule has 1 heterocycles. The van der Waals surface area contributed by atoms with Crippen LogP contribution in [0.3, 0.4) is 0 Å². The summed E-state index contributed by atoms with van der Waals surface area (Å²) >= 11 is 0. The molecule has 0 fully saturated rings. The molecule has 0 spiro atoms. The molecule has 5 nitrogen and oxygen atoms in total. The van der Waals surface area contributed by atoms with Gasteiger partial charge in [0.25, 0.3) is 0 Å². The van der Waals surface area contributed by atoms with Crippen LogP contribution in [0.4, 0.5) is 0 Å². The Balaban J connectivity index is 3.23. The molecule has 6 heteroatoms. The molecular weight excluding hydrogens is 214 g/mol. The lowest BCUT2D eigenvalue weighted by Crippen LogP contribution is -2.21. The van der Waals surface area contributed by atoms with Crippen molar-refractivity contribution >= 4 is 10.0 Å². The third-order valence-corrected chi connectivity index (χ3v) is 4.07. The summed E-state index contributed by atoms with van der Waals surface area (Å²) in [4.78, 5) is 0.301. The van der Waals surface area contributed by atoms with Crippen LogP contribution < -0.4 is 5.73 Å². The maximum absolute atomic E-state index is 11.8. The van der Waals surface area contributed by atoms with E-state index in [2.05, 4.69) is 0 Å². The molecule has 0 aliphatic rings. The van der Waals surface area contributed by atoms with E-state index in [0.29, 0.717) is 11.4 Å². The van der Waals surface area contributed by atoms with E-state index in [0.717, 1.165) is 12.2 Å². The van der Waals surface area contributed by atoms with E-state index in [1.54, 1.807) is 12.3 Å². The van der Waals surface area contributed by atoms with Crippen LogP contribution in [0, 0.1) is 0 Å². The first-order chi connectivity index (χ1) is 6.93. The van der Waals surface area contributed by atoms with Crippen molar-refractivity contribution in [3.63, 3.8) is 0 Å². The molecule has 0 amide bonds. The van der Waals surface area contributed by atoms with Gasteiger partial charge in [0, 0.05) is 39.1 Å². The molecule has 0 aliphatic carbocycles. The molecule has 0 unspecified atom stereocenters. The van der Waals surface area contributed by atoms with Gasteiger partial charge in [0.2, 0.25) is 10.0 Å². The van der Waals surface area contributed by atoms with Gasteiger partial charge < -0.3 is 10.3 Å². The lowest BCUT2D eigenvalue weighted by atomic mass is 10.4. The highest BCUT2D eigenvalue weighted by Crippen LogP contribution is 2.16. The molecule has 0 saturated carbocycles. The highest BCUT2D eigenvalue weighted by molar-refractivity contribution is 7.89. The Morgan fingerprint density at radius 2 is 2.07 bits per heavy atom. The van der Waals surface area contributed by atoms with Gasteiger partial charge in [-0.2, -0.15) is 0 Å². The Morgan fingerprint density at radius 3 is 2.40 bits per heavy atom. The SMILES string of the molecule is CCn1cc(S(=O)(=O)N(C)C)cc1CN. The number of rotatable bonds is 4. The second-order valence-corrected chi connectivity index (χ2v) is 5.60. The zero-order valence-corrected chi connectivity index (χ0v) is 10.1. The van der Waals surface area contributed by atoms with Crippen molar-refractivity contribution in [2.24, 2.45) is 5.73 Å². The fraction of sp³-hybridized carbons (Fsp3) is 0.556. The van der Waals surface area contributed by atoms with Gasteiger partial charge in [0.15, 0.2) is 0 Å². The van der Waals surface area contributed by atoms with Crippen LogP contribution in [0.25, 0.3) is 0 Å². The first-order valence-electron chi connectivity index (χ1n) is 4.75. The van der Waals surface area contributed by atoms with Crippen LogP contribution in [-0.4, -0.2) is 31.4 Å². The number of aromatic nitrogens is 1. The van der Waals surface area contributed by atoms with Crippen molar-refractivity contribution in [1.82, 2.24) is 8.87 Å². The third-order valence-electron chi connectivity index (χ3n) is 2.29. The standard InChI is InChI=1S/C9H17N3O2S/c1-4-12-7-9(5-8(12)6-10)15(13,14)11(2)3/h5,7H,4,6,10H2,1-3H3. The molecule has 0 aliphatic heterocycles. The van der Waals surface area contributed by atoms with E-state index in [1.165, 1.54) is 18.4 Å². The first kappa shape index (κ1) is 12.2. The fourth-order valence-electron chi connectivity index (χ4n) is 1.34. The first-order valence-corrected chi connectivity index (χ1v) is 6.19. The van der Waals surface area contributed by atoms with E-state index in [4.69, 9.17) is 5.73 Å². The molecule has 86 valence electrons. The summed E-state index contributed by atoms with van der Waals surface area (Å²) < 4.78 is 26.6. The number of hydrogen-bond acceptors (Lipinski definition) is 3. The molecule has 0 radical (unpaired) electrons. The molecule has 1 rings (SSSR count). The van der Waals surface area contributed by atoms with Crippen molar-refractivity contribution in [3.05, 3.63) is 18.0 Å². The Labute approximate surface area is 90.5 Å². The van der Waals surface area contributed by atoms with Crippen LogP contribution in [0.15, 0.2) is 17.2 Å². The normalized spacial score (nSPS) is 12.3. The van der Waals surface area contributed by atoms with Gasteiger partial charge in [-0.05, 0) is 13.0 Å². The number of sulfonamides is 1. The summed E-state index contributed by atoms with van der Waals surface area (Å²) in [6.45, 7) is 3.01. The number of nitrogens with two attached hydrogens (primary N) is 1. The number of aryl methyl sites for hydroxylation is 1. The van der Waals surface area contributed by atoms with E-state index in [-0.39, 0.29) is 0 Å². The van der Waals surface area contributed by atoms with Gasteiger partial charge in [0.1, 0.15) is 4.90 Å². The Morgan fingerprint density at radius 1 is 1.47 bits per heavy atom. The summed E-state index contributed by atoms with van der Waals surface area (Å²) in [5.74, 6) is 0. The monoisotopic (exact) mass is 231 g/mol. The zero-order valence-electron chi connectivity index (χ0n) is 9.27. The van der Waals surface area contributed by atoms with Gasteiger partial charge in [-0.1, -0.05) is 0 Å². The minimum Gasteiger partial charge on any atom is -0.349 e. The molecule has 1 aromatic rings. The number of nitrogens with zero attached hydrogens (tertiary/aromatic N) is 2. The van der Waals surface area contributed by atoms with Crippen molar-refractivity contribution in [2.75, 3.05) is 14.1 Å². The smallest absolute Gasteiger partial charge is 0.244 e. The van der Waals surface area contributed by atoms with E-state index in [1.807, 2.05) is 11.5 Å². The molecule has 2 N–H and O–H groups in total. The maximum Gasteiger partial charge on any atom is 0.244 e. The summed E-state index contributed by atoms with van der Waals surface area (Å²) in [5, 5.41) is 0. The van der Waals surface area contributed by atoms with E-state index >= 15 is 0 Å². The lowest BCUT2D eigenvalue weighted by molar-refractivity contribution is 0.520. The molecule has 0 saturated heterocycles. The van der Waals surface area contributed by atoms with Crippen LogP contribution >= 0.6 is 0 Å². The van der Waals surface area contributed by atoms with Gasteiger partial charge >= 0.3 is 0 Å². The van der Waals surface area contributed by atoms with Crippen molar-refractivity contribution in [1.29, 1.82) is 0 Å². The minimum atomic E-state index is -3.34. The van der Waals surface area contributed by atoms with E-state index in [9.17, 15) is 8.42 Å². The highest BCUT2D eigenvalue weighted by atomic mass is 32.2. The molecular formula is C9H17N3O2S. The van der Waals surface area contributed by atoms with Crippen LogP contribution in [-0.2, 0) is 23.1 Å². The van der Waals surface area contributed by atoms with E-state index < -0.39 is 10.0 Å². The molecule has 0 aromatic carbocycles. The Bertz CT molecular complexity index is 413.